The Balaban J connectivity index is 1.61. The quantitative estimate of drug-likeness (QED) is 0.558. The molecule has 3 heteroatoms. The van der Waals surface area contributed by atoms with Gasteiger partial charge in [-0.2, -0.15) is 0 Å². The first-order chi connectivity index (χ1) is 8.27. The molecule has 3 nitrogen and oxygen atoms in total. The van der Waals surface area contributed by atoms with Gasteiger partial charge in [-0.05, 0) is 37.2 Å². The van der Waals surface area contributed by atoms with E-state index in [4.69, 9.17) is 10.5 Å². The summed E-state index contributed by atoms with van der Waals surface area (Å²) in [7, 11) is 0. The molecule has 17 heavy (non-hydrogen) atoms. The van der Waals surface area contributed by atoms with Crippen molar-refractivity contribution in [2.24, 2.45) is 5.92 Å². The molecule has 0 bridgehead atoms. The van der Waals surface area contributed by atoms with Gasteiger partial charge in [0.15, 0.2) is 0 Å². The van der Waals surface area contributed by atoms with E-state index in [1.807, 2.05) is 18.2 Å². The Morgan fingerprint density at radius 3 is 2.71 bits per heavy atom. The van der Waals surface area contributed by atoms with Crippen molar-refractivity contribution >= 4 is 5.97 Å². The Morgan fingerprint density at radius 1 is 1.35 bits per heavy atom. The van der Waals surface area contributed by atoms with Crippen LogP contribution in [0.2, 0.25) is 0 Å². The molecule has 2 rings (SSSR count). The molecule has 0 aromatic heterocycles. The third-order valence-electron chi connectivity index (χ3n) is 3.04. The fourth-order valence-electron chi connectivity index (χ4n) is 1.81. The summed E-state index contributed by atoms with van der Waals surface area (Å²) in [6, 6.07) is 9.50. The Kier molecular flexibility index (Phi) is 4.15. The number of benzene rings is 1. The molecule has 1 aromatic carbocycles. The maximum atomic E-state index is 11.4. The highest BCUT2D eigenvalue weighted by Crippen LogP contribution is 2.32. The average Bonchev–Trinajstić information content (AvgIpc) is 3.19. The van der Waals surface area contributed by atoms with Crippen LogP contribution in [0.5, 0.6) is 0 Å². The van der Waals surface area contributed by atoms with Crippen LogP contribution in [0.4, 0.5) is 0 Å². The zero-order valence-electron chi connectivity index (χ0n) is 9.89. The summed E-state index contributed by atoms with van der Waals surface area (Å²) in [5.41, 5.74) is 8.88. The number of hydrogen-bond donors (Lipinski definition) is 0. The van der Waals surface area contributed by atoms with E-state index in [2.05, 4.69) is 12.1 Å². The van der Waals surface area contributed by atoms with Gasteiger partial charge in [0.25, 0.3) is 0 Å². The van der Waals surface area contributed by atoms with Gasteiger partial charge < -0.3 is 4.74 Å². The molecule has 1 saturated carbocycles. The van der Waals surface area contributed by atoms with Crippen molar-refractivity contribution in [3.05, 3.63) is 35.9 Å². The van der Waals surface area contributed by atoms with Gasteiger partial charge in [-0.3, -0.25) is 4.79 Å². The first-order valence-electron chi connectivity index (χ1n) is 6.19. The number of hydrogen-bond acceptors (Lipinski definition) is 2. The van der Waals surface area contributed by atoms with Crippen LogP contribution in [0, 0.1) is 5.92 Å². The van der Waals surface area contributed by atoms with E-state index in [0.717, 1.165) is 25.7 Å². The number of aryl methyl sites for hydroxylation is 1. The molecule has 1 aliphatic carbocycles. The smallest absolute Gasteiger partial charge is 0.324 e. The first-order valence-corrected chi connectivity index (χ1v) is 6.19. The number of esters is 1. The van der Waals surface area contributed by atoms with Gasteiger partial charge in [0.2, 0.25) is 0 Å². The summed E-state index contributed by atoms with van der Waals surface area (Å²) in [6.45, 7) is 0.426. The van der Waals surface area contributed by atoms with Crippen LogP contribution < -0.4 is 5.73 Å². The molecule has 0 spiro atoms. The third-order valence-corrected chi connectivity index (χ3v) is 3.04. The predicted octanol–water partition coefficient (Wildman–Crippen LogP) is 2.22. The lowest BCUT2D eigenvalue weighted by Gasteiger charge is -2.09. The minimum absolute atomic E-state index is 0.261. The standard InChI is InChI=1S/C14H18NO2/c15-13(12-8-9-12)14(16)17-10-4-7-11-5-2-1-3-6-11/h1-3,5-6,12-13,15H,4,7-10H2. The van der Waals surface area contributed by atoms with Gasteiger partial charge in [0, 0.05) is 0 Å². The molecule has 0 amide bonds. The van der Waals surface area contributed by atoms with Crippen LogP contribution in [0.25, 0.3) is 0 Å². The molecule has 1 aromatic rings. The second-order valence-electron chi connectivity index (χ2n) is 4.57. The average molecular weight is 232 g/mol. The van der Waals surface area contributed by atoms with E-state index in [-0.39, 0.29) is 11.9 Å². The molecule has 1 aliphatic rings. The van der Waals surface area contributed by atoms with E-state index in [9.17, 15) is 4.79 Å². The van der Waals surface area contributed by atoms with Gasteiger partial charge in [-0.1, -0.05) is 30.3 Å². The predicted molar refractivity (Wildman–Crippen MR) is 65.3 cm³/mol. The monoisotopic (exact) mass is 232 g/mol. The SMILES string of the molecule is [NH]C(C(=O)OCCCc1ccccc1)C1CC1. The summed E-state index contributed by atoms with van der Waals surface area (Å²) >= 11 is 0. The fraction of sp³-hybridized carbons (Fsp3) is 0.500. The van der Waals surface area contributed by atoms with Gasteiger partial charge >= 0.3 is 5.97 Å². The van der Waals surface area contributed by atoms with Crippen molar-refractivity contribution in [3.63, 3.8) is 0 Å². The normalized spacial score (nSPS) is 16.5. The minimum Gasteiger partial charge on any atom is -0.464 e. The zero-order chi connectivity index (χ0) is 12.1. The van der Waals surface area contributed by atoms with Crippen molar-refractivity contribution in [2.45, 2.75) is 31.7 Å². The molecule has 0 heterocycles. The van der Waals surface area contributed by atoms with Crippen LogP contribution in [0.1, 0.15) is 24.8 Å². The molecule has 1 radical (unpaired) electrons. The van der Waals surface area contributed by atoms with Gasteiger partial charge in [-0.25, -0.2) is 5.73 Å². The molecular weight excluding hydrogens is 214 g/mol. The number of nitrogens with one attached hydrogen (secondary N) is 1. The molecule has 91 valence electrons. The zero-order valence-corrected chi connectivity index (χ0v) is 9.89. The Bertz CT molecular complexity index is 360. The highest BCUT2D eigenvalue weighted by Gasteiger charge is 2.34. The van der Waals surface area contributed by atoms with Crippen LogP contribution in [0.3, 0.4) is 0 Å². The second kappa shape index (κ2) is 5.82. The molecule has 1 atom stereocenters. The summed E-state index contributed by atoms with van der Waals surface area (Å²) in [4.78, 5) is 11.4. The fourth-order valence-corrected chi connectivity index (χ4v) is 1.81. The van der Waals surface area contributed by atoms with Crippen LogP contribution in [-0.2, 0) is 16.0 Å². The van der Waals surface area contributed by atoms with Crippen molar-refractivity contribution in [1.82, 2.24) is 5.73 Å². The van der Waals surface area contributed by atoms with E-state index >= 15 is 0 Å². The molecule has 1 fully saturated rings. The Hall–Kier alpha value is -1.35. The summed E-state index contributed by atoms with van der Waals surface area (Å²) < 4.78 is 5.10. The molecule has 1 N–H and O–H groups in total. The van der Waals surface area contributed by atoms with Gasteiger partial charge in [-0.15, -0.1) is 0 Å². The number of rotatable bonds is 6. The lowest BCUT2D eigenvalue weighted by molar-refractivity contribution is -0.146. The van der Waals surface area contributed by atoms with Crippen LogP contribution in [0.15, 0.2) is 30.3 Å². The van der Waals surface area contributed by atoms with Crippen LogP contribution >= 0.6 is 0 Å². The lowest BCUT2D eigenvalue weighted by Crippen LogP contribution is -2.27. The number of carbonyl (C=O) groups excluding carboxylic acids is 1. The van der Waals surface area contributed by atoms with Crippen molar-refractivity contribution in [1.29, 1.82) is 0 Å². The lowest BCUT2D eigenvalue weighted by atomic mass is 10.1. The second-order valence-corrected chi connectivity index (χ2v) is 4.57. The van der Waals surface area contributed by atoms with E-state index in [0.29, 0.717) is 6.61 Å². The molecular formula is C14H18NO2. The summed E-state index contributed by atoms with van der Waals surface area (Å²) in [5, 5.41) is 0. The maximum absolute atomic E-state index is 11.4. The maximum Gasteiger partial charge on any atom is 0.324 e. The van der Waals surface area contributed by atoms with E-state index in [1.54, 1.807) is 0 Å². The van der Waals surface area contributed by atoms with Gasteiger partial charge in [0.05, 0.1) is 6.61 Å². The summed E-state index contributed by atoms with van der Waals surface area (Å²) in [5.74, 6) is -0.0859. The first kappa shape index (κ1) is 12.1. The number of carbonyl (C=O) groups is 1. The molecule has 0 aliphatic heterocycles. The largest absolute Gasteiger partial charge is 0.464 e. The van der Waals surface area contributed by atoms with E-state index < -0.39 is 6.04 Å². The molecule has 1 unspecified atom stereocenters. The highest BCUT2D eigenvalue weighted by atomic mass is 16.5. The van der Waals surface area contributed by atoms with Crippen molar-refractivity contribution < 1.29 is 9.53 Å². The van der Waals surface area contributed by atoms with Gasteiger partial charge in [0.1, 0.15) is 6.04 Å². The van der Waals surface area contributed by atoms with Crippen LogP contribution in [-0.4, -0.2) is 18.6 Å². The van der Waals surface area contributed by atoms with Crippen molar-refractivity contribution in [2.75, 3.05) is 6.61 Å². The summed E-state index contributed by atoms with van der Waals surface area (Å²) in [6.07, 6.45) is 3.76. The van der Waals surface area contributed by atoms with E-state index in [1.165, 1.54) is 5.56 Å². The number of ether oxygens (including phenoxy) is 1. The minimum atomic E-state index is -0.647. The Labute approximate surface area is 102 Å². The highest BCUT2D eigenvalue weighted by molar-refractivity contribution is 5.76. The van der Waals surface area contributed by atoms with Crippen molar-refractivity contribution in [3.8, 4) is 0 Å². The topological polar surface area (TPSA) is 50.1 Å². The Morgan fingerprint density at radius 2 is 2.06 bits per heavy atom. The molecule has 0 saturated heterocycles. The third kappa shape index (κ3) is 3.86.